The van der Waals surface area contributed by atoms with E-state index in [2.05, 4.69) is 4.90 Å². The fraction of sp³-hybridized carbons (Fsp3) is 0.389. The summed E-state index contributed by atoms with van der Waals surface area (Å²) in [5.74, 6) is 0.155. The Morgan fingerprint density at radius 2 is 1.86 bits per heavy atom. The highest BCUT2D eigenvalue weighted by Gasteiger charge is 2.34. The number of esters is 1. The first-order valence-electron chi connectivity index (χ1n) is 7.65. The van der Waals surface area contributed by atoms with E-state index in [9.17, 15) is 9.90 Å². The number of hydrogen-bond acceptors (Lipinski definition) is 4. The van der Waals surface area contributed by atoms with E-state index in [1.54, 1.807) is 6.07 Å². The zero-order chi connectivity index (χ0) is 15.6. The lowest BCUT2D eigenvalue weighted by atomic mass is 9.88. The van der Waals surface area contributed by atoms with Gasteiger partial charge in [-0.2, -0.15) is 0 Å². The summed E-state index contributed by atoms with van der Waals surface area (Å²) >= 11 is 0. The molecule has 116 valence electrons. The molecule has 2 aromatic carbocycles. The standard InChI is InChI=1S/C18H21NO3/c1-19-10-8-18(21,9-11-19)13-17(20)22-16-7-6-14-4-2-3-5-15(14)12-16/h2-7,12,21H,8-11,13H2,1H3. The van der Waals surface area contributed by atoms with Gasteiger partial charge in [0.15, 0.2) is 0 Å². The summed E-state index contributed by atoms with van der Waals surface area (Å²) in [5.41, 5.74) is -0.930. The first kappa shape index (κ1) is 15.0. The molecule has 0 bridgehead atoms. The third-order valence-electron chi connectivity index (χ3n) is 4.34. The highest BCUT2D eigenvalue weighted by molar-refractivity contribution is 5.84. The molecule has 1 aliphatic heterocycles. The minimum atomic E-state index is -0.930. The number of hydrogen-bond donors (Lipinski definition) is 1. The van der Waals surface area contributed by atoms with Crippen molar-refractivity contribution in [1.29, 1.82) is 0 Å². The number of carbonyl (C=O) groups is 1. The van der Waals surface area contributed by atoms with E-state index in [0.717, 1.165) is 23.9 Å². The number of rotatable bonds is 3. The number of ether oxygens (including phenoxy) is 1. The number of likely N-dealkylation sites (tertiary alicyclic amines) is 1. The van der Waals surface area contributed by atoms with Gasteiger partial charge in [-0.15, -0.1) is 0 Å². The molecule has 0 aromatic heterocycles. The third-order valence-corrected chi connectivity index (χ3v) is 4.34. The maximum Gasteiger partial charge on any atom is 0.314 e. The highest BCUT2D eigenvalue weighted by Crippen LogP contribution is 2.26. The molecule has 4 heteroatoms. The van der Waals surface area contributed by atoms with Gasteiger partial charge in [0.1, 0.15) is 5.75 Å². The van der Waals surface area contributed by atoms with Crippen LogP contribution in [0.2, 0.25) is 0 Å². The van der Waals surface area contributed by atoms with E-state index in [0.29, 0.717) is 18.6 Å². The van der Waals surface area contributed by atoms with Crippen LogP contribution >= 0.6 is 0 Å². The third kappa shape index (κ3) is 3.46. The SMILES string of the molecule is CN1CCC(O)(CC(=O)Oc2ccc3ccccc3c2)CC1. The monoisotopic (exact) mass is 299 g/mol. The Hall–Kier alpha value is -1.91. The van der Waals surface area contributed by atoms with Gasteiger partial charge in [0, 0.05) is 13.1 Å². The minimum Gasteiger partial charge on any atom is -0.426 e. The summed E-state index contributed by atoms with van der Waals surface area (Å²) in [5, 5.41) is 12.6. The molecule has 1 heterocycles. The zero-order valence-corrected chi connectivity index (χ0v) is 12.8. The van der Waals surface area contributed by atoms with E-state index in [-0.39, 0.29) is 12.4 Å². The molecule has 1 aliphatic rings. The first-order valence-corrected chi connectivity index (χ1v) is 7.65. The second-order valence-electron chi connectivity index (χ2n) is 6.19. The molecular weight excluding hydrogens is 278 g/mol. The normalized spacial score (nSPS) is 18.3. The average Bonchev–Trinajstić information content (AvgIpc) is 2.50. The summed E-state index contributed by atoms with van der Waals surface area (Å²) in [7, 11) is 2.02. The topological polar surface area (TPSA) is 49.8 Å². The summed E-state index contributed by atoms with van der Waals surface area (Å²) in [6.45, 7) is 1.61. The number of nitrogens with zero attached hydrogens (tertiary/aromatic N) is 1. The van der Waals surface area contributed by atoms with Crippen molar-refractivity contribution in [2.24, 2.45) is 0 Å². The smallest absolute Gasteiger partial charge is 0.314 e. The van der Waals surface area contributed by atoms with Crippen LogP contribution in [-0.2, 0) is 4.79 Å². The van der Waals surface area contributed by atoms with Gasteiger partial charge in [0.05, 0.1) is 12.0 Å². The van der Waals surface area contributed by atoms with E-state index >= 15 is 0 Å². The van der Waals surface area contributed by atoms with Crippen LogP contribution in [0.4, 0.5) is 0 Å². The molecule has 4 nitrogen and oxygen atoms in total. The van der Waals surface area contributed by atoms with Crippen LogP contribution in [-0.4, -0.2) is 41.7 Å². The number of fused-ring (bicyclic) bond motifs is 1. The molecular formula is C18H21NO3. The Morgan fingerprint density at radius 1 is 1.18 bits per heavy atom. The van der Waals surface area contributed by atoms with Crippen molar-refractivity contribution in [3.8, 4) is 5.75 Å². The Labute approximate surface area is 130 Å². The molecule has 0 radical (unpaired) electrons. The van der Waals surface area contributed by atoms with E-state index < -0.39 is 5.60 Å². The van der Waals surface area contributed by atoms with E-state index in [4.69, 9.17) is 4.74 Å². The molecule has 0 atom stereocenters. The number of aliphatic hydroxyl groups is 1. The first-order chi connectivity index (χ1) is 10.5. The summed E-state index contributed by atoms with van der Waals surface area (Å²) < 4.78 is 5.40. The van der Waals surface area contributed by atoms with E-state index in [1.807, 2.05) is 43.4 Å². The number of piperidine rings is 1. The zero-order valence-electron chi connectivity index (χ0n) is 12.8. The summed E-state index contributed by atoms with van der Waals surface area (Å²) in [6.07, 6.45) is 1.26. The van der Waals surface area contributed by atoms with Crippen molar-refractivity contribution < 1.29 is 14.6 Å². The predicted molar refractivity (Wildman–Crippen MR) is 85.9 cm³/mol. The van der Waals surface area contributed by atoms with Crippen molar-refractivity contribution in [3.63, 3.8) is 0 Å². The lowest BCUT2D eigenvalue weighted by molar-refractivity contribution is -0.141. The number of carbonyl (C=O) groups excluding carboxylic acids is 1. The summed E-state index contributed by atoms with van der Waals surface area (Å²) in [6, 6.07) is 13.5. The molecule has 2 aromatic rings. The molecule has 0 saturated carbocycles. The van der Waals surface area contributed by atoms with Gasteiger partial charge in [0.2, 0.25) is 0 Å². The van der Waals surface area contributed by atoms with Crippen LogP contribution in [0.25, 0.3) is 10.8 Å². The summed E-state index contributed by atoms with van der Waals surface area (Å²) in [4.78, 5) is 14.3. The van der Waals surface area contributed by atoms with Crippen molar-refractivity contribution in [2.45, 2.75) is 24.9 Å². The average molecular weight is 299 g/mol. The molecule has 22 heavy (non-hydrogen) atoms. The van der Waals surface area contributed by atoms with Gasteiger partial charge in [-0.1, -0.05) is 30.3 Å². The quantitative estimate of drug-likeness (QED) is 0.699. The maximum atomic E-state index is 12.1. The molecule has 3 rings (SSSR count). The van der Waals surface area contributed by atoms with Gasteiger partial charge in [-0.05, 0) is 42.8 Å². The van der Waals surface area contributed by atoms with Crippen LogP contribution < -0.4 is 4.74 Å². The number of benzene rings is 2. The predicted octanol–water partition coefficient (Wildman–Crippen LogP) is 2.59. The Balaban J connectivity index is 1.65. The van der Waals surface area contributed by atoms with Crippen LogP contribution in [0.15, 0.2) is 42.5 Å². The Morgan fingerprint density at radius 3 is 2.59 bits per heavy atom. The molecule has 0 aliphatic carbocycles. The highest BCUT2D eigenvalue weighted by atomic mass is 16.5. The Kier molecular flexibility index (Phi) is 4.14. The molecule has 1 N–H and O–H groups in total. The minimum absolute atomic E-state index is 0.0493. The molecule has 0 spiro atoms. The van der Waals surface area contributed by atoms with Crippen LogP contribution in [0.3, 0.4) is 0 Å². The molecule has 1 fully saturated rings. The van der Waals surface area contributed by atoms with E-state index in [1.165, 1.54) is 0 Å². The second-order valence-corrected chi connectivity index (χ2v) is 6.19. The molecule has 0 unspecified atom stereocenters. The Bertz CT molecular complexity index is 675. The van der Waals surface area contributed by atoms with Crippen molar-refractivity contribution in [1.82, 2.24) is 4.90 Å². The van der Waals surface area contributed by atoms with Gasteiger partial charge < -0.3 is 14.7 Å². The fourth-order valence-electron chi connectivity index (χ4n) is 2.88. The lowest BCUT2D eigenvalue weighted by Crippen LogP contribution is -2.44. The van der Waals surface area contributed by atoms with Gasteiger partial charge >= 0.3 is 5.97 Å². The fourth-order valence-corrected chi connectivity index (χ4v) is 2.88. The van der Waals surface area contributed by atoms with Crippen molar-refractivity contribution in [2.75, 3.05) is 20.1 Å². The van der Waals surface area contributed by atoms with Crippen LogP contribution in [0, 0.1) is 0 Å². The second kappa shape index (κ2) is 6.07. The van der Waals surface area contributed by atoms with Crippen LogP contribution in [0.1, 0.15) is 19.3 Å². The molecule has 0 amide bonds. The van der Waals surface area contributed by atoms with Gasteiger partial charge in [-0.3, -0.25) is 4.79 Å². The largest absolute Gasteiger partial charge is 0.426 e. The maximum absolute atomic E-state index is 12.1. The van der Waals surface area contributed by atoms with Gasteiger partial charge in [-0.25, -0.2) is 0 Å². The van der Waals surface area contributed by atoms with Crippen molar-refractivity contribution in [3.05, 3.63) is 42.5 Å². The lowest BCUT2D eigenvalue weighted by Gasteiger charge is -2.35. The van der Waals surface area contributed by atoms with Crippen molar-refractivity contribution >= 4 is 16.7 Å². The van der Waals surface area contributed by atoms with Crippen LogP contribution in [0.5, 0.6) is 5.75 Å². The van der Waals surface area contributed by atoms with Gasteiger partial charge in [0.25, 0.3) is 0 Å². The molecule has 1 saturated heterocycles.